The zero-order valence-corrected chi connectivity index (χ0v) is 14.1. The van der Waals surface area contributed by atoms with Crippen molar-refractivity contribution in [3.63, 3.8) is 0 Å². The SMILES string of the molecule is Cc1cc(C)c(OCc2nnc(COc3ccccc3)o2)c(C)c1. The van der Waals surface area contributed by atoms with Gasteiger partial charge in [0.1, 0.15) is 11.5 Å². The molecular formula is C19H20N2O3. The van der Waals surface area contributed by atoms with Gasteiger partial charge in [-0.1, -0.05) is 35.9 Å². The van der Waals surface area contributed by atoms with Crippen molar-refractivity contribution in [2.45, 2.75) is 34.0 Å². The van der Waals surface area contributed by atoms with E-state index in [0.29, 0.717) is 11.8 Å². The minimum atomic E-state index is 0.236. The molecule has 1 heterocycles. The molecule has 0 aliphatic rings. The Balaban J connectivity index is 1.58. The minimum Gasteiger partial charge on any atom is -0.484 e. The molecule has 0 saturated heterocycles. The maximum atomic E-state index is 5.85. The quantitative estimate of drug-likeness (QED) is 0.681. The molecule has 0 N–H and O–H groups in total. The second-order valence-corrected chi connectivity index (χ2v) is 5.71. The third kappa shape index (κ3) is 3.93. The second-order valence-electron chi connectivity index (χ2n) is 5.71. The van der Waals surface area contributed by atoms with Gasteiger partial charge in [0.15, 0.2) is 13.2 Å². The molecule has 24 heavy (non-hydrogen) atoms. The highest BCUT2D eigenvalue weighted by Crippen LogP contribution is 2.25. The summed E-state index contributed by atoms with van der Waals surface area (Å²) in [5, 5.41) is 7.98. The number of benzene rings is 2. The van der Waals surface area contributed by atoms with Crippen LogP contribution in [0.5, 0.6) is 11.5 Å². The first kappa shape index (κ1) is 16.1. The lowest BCUT2D eigenvalue weighted by Crippen LogP contribution is -2.00. The number of aryl methyl sites for hydroxylation is 3. The monoisotopic (exact) mass is 324 g/mol. The highest BCUT2D eigenvalue weighted by atomic mass is 16.5. The first-order chi connectivity index (χ1) is 11.6. The molecule has 0 aliphatic heterocycles. The van der Waals surface area contributed by atoms with Crippen molar-refractivity contribution in [1.29, 1.82) is 0 Å². The van der Waals surface area contributed by atoms with Crippen LogP contribution in [0.25, 0.3) is 0 Å². The van der Waals surface area contributed by atoms with E-state index < -0.39 is 0 Å². The molecule has 0 saturated carbocycles. The molecule has 0 aliphatic carbocycles. The number of aromatic nitrogens is 2. The molecule has 5 nitrogen and oxygen atoms in total. The van der Waals surface area contributed by atoms with E-state index in [0.717, 1.165) is 22.6 Å². The molecule has 0 bridgehead atoms. The normalized spacial score (nSPS) is 10.6. The van der Waals surface area contributed by atoms with Gasteiger partial charge in [-0.15, -0.1) is 10.2 Å². The van der Waals surface area contributed by atoms with Crippen LogP contribution >= 0.6 is 0 Å². The number of hydrogen-bond donors (Lipinski definition) is 0. The Morgan fingerprint density at radius 2 is 1.42 bits per heavy atom. The lowest BCUT2D eigenvalue weighted by molar-refractivity contribution is 0.230. The maximum Gasteiger partial charge on any atom is 0.254 e. The summed E-state index contributed by atoms with van der Waals surface area (Å²) in [5.74, 6) is 2.48. The van der Waals surface area contributed by atoms with Crippen LogP contribution in [0.3, 0.4) is 0 Å². The Labute approximate surface area is 141 Å². The molecular weight excluding hydrogens is 304 g/mol. The zero-order valence-electron chi connectivity index (χ0n) is 14.1. The third-order valence-corrected chi connectivity index (χ3v) is 3.56. The summed E-state index contributed by atoms with van der Waals surface area (Å²) in [7, 11) is 0. The van der Waals surface area contributed by atoms with E-state index in [1.54, 1.807) is 0 Å². The van der Waals surface area contributed by atoms with Crippen molar-refractivity contribution in [2.24, 2.45) is 0 Å². The Morgan fingerprint density at radius 3 is 2.04 bits per heavy atom. The van der Waals surface area contributed by atoms with Crippen molar-refractivity contribution in [2.75, 3.05) is 0 Å². The fourth-order valence-electron chi connectivity index (χ4n) is 2.60. The molecule has 2 aromatic carbocycles. The van der Waals surface area contributed by atoms with Crippen LogP contribution in [0, 0.1) is 20.8 Å². The summed E-state index contributed by atoms with van der Waals surface area (Å²) < 4.78 is 17.0. The zero-order chi connectivity index (χ0) is 16.9. The van der Waals surface area contributed by atoms with Crippen molar-refractivity contribution in [3.05, 3.63) is 70.9 Å². The maximum absolute atomic E-state index is 5.85. The molecule has 5 heteroatoms. The number of para-hydroxylation sites is 1. The van der Waals surface area contributed by atoms with Crippen molar-refractivity contribution < 1.29 is 13.9 Å². The molecule has 0 atom stereocenters. The van der Waals surface area contributed by atoms with E-state index in [1.807, 2.05) is 44.2 Å². The molecule has 3 rings (SSSR count). The van der Waals surface area contributed by atoms with Crippen molar-refractivity contribution >= 4 is 0 Å². The minimum absolute atomic E-state index is 0.236. The average molecular weight is 324 g/mol. The van der Waals surface area contributed by atoms with E-state index >= 15 is 0 Å². The highest BCUT2D eigenvalue weighted by molar-refractivity contribution is 5.42. The van der Waals surface area contributed by atoms with E-state index in [2.05, 4.69) is 29.3 Å². The predicted octanol–water partition coefficient (Wildman–Crippen LogP) is 4.15. The Hall–Kier alpha value is -2.82. The van der Waals surface area contributed by atoms with E-state index in [4.69, 9.17) is 13.9 Å². The molecule has 0 unspecified atom stereocenters. The van der Waals surface area contributed by atoms with Crippen LogP contribution in [0.2, 0.25) is 0 Å². The fraction of sp³-hybridized carbons (Fsp3) is 0.263. The van der Waals surface area contributed by atoms with E-state index in [9.17, 15) is 0 Å². The molecule has 0 fully saturated rings. The van der Waals surface area contributed by atoms with Gasteiger partial charge in [-0.2, -0.15) is 0 Å². The number of hydrogen-bond acceptors (Lipinski definition) is 5. The third-order valence-electron chi connectivity index (χ3n) is 3.56. The fourth-order valence-corrected chi connectivity index (χ4v) is 2.60. The van der Waals surface area contributed by atoms with Gasteiger partial charge in [-0.3, -0.25) is 0 Å². The van der Waals surface area contributed by atoms with Crippen LogP contribution < -0.4 is 9.47 Å². The molecule has 0 spiro atoms. The van der Waals surface area contributed by atoms with Gasteiger partial charge in [0.05, 0.1) is 0 Å². The van der Waals surface area contributed by atoms with Gasteiger partial charge in [-0.25, -0.2) is 0 Å². The highest BCUT2D eigenvalue weighted by Gasteiger charge is 2.10. The Bertz CT molecular complexity index is 789. The predicted molar refractivity (Wildman–Crippen MR) is 90.1 cm³/mol. The molecule has 0 amide bonds. The van der Waals surface area contributed by atoms with Crippen molar-refractivity contribution in [3.8, 4) is 11.5 Å². The Morgan fingerprint density at radius 1 is 0.833 bits per heavy atom. The molecule has 1 aromatic heterocycles. The first-order valence-electron chi connectivity index (χ1n) is 7.81. The van der Waals surface area contributed by atoms with Gasteiger partial charge >= 0.3 is 0 Å². The van der Waals surface area contributed by atoms with E-state index in [1.165, 1.54) is 5.56 Å². The average Bonchev–Trinajstić information content (AvgIpc) is 3.01. The summed E-state index contributed by atoms with van der Waals surface area (Å²) in [6.07, 6.45) is 0. The number of ether oxygens (including phenoxy) is 2. The number of rotatable bonds is 6. The van der Waals surface area contributed by atoms with Crippen LogP contribution in [0.4, 0.5) is 0 Å². The topological polar surface area (TPSA) is 57.4 Å². The lowest BCUT2D eigenvalue weighted by Gasteiger charge is -2.11. The largest absolute Gasteiger partial charge is 0.484 e. The van der Waals surface area contributed by atoms with Crippen LogP contribution in [-0.4, -0.2) is 10.2 Å². The first-order valence-corrected chi connectivity index (χ1v) is 7.81. The standard InChI is InChI=1S/C19H20N2O3/c1-13-9-14(2)19(15(3)10-13)23-12-18-21-20-17(24-18)11-22-16-7-5-4-6-8-16/h4-10H,11-12H2,1-3H3. The van der Waals surface area contributed by atoms with Crippen LogP contribution in [-0.2, 0) is 13.2 Å². The molecule has 0 radical (unpaired) electrons. The Kier molecular flexibility index (Phi) is 4.79. The summed E-state index contributed by atoms with van der Waals surface area (Å²) in [5.41, 5.74) is 3.41. The molecule has 124 valence electrons. The summed E-state index contributed by atoms with van der Waals surface area (Å²) >= 11 is 0. The summed E-state index contributed by atoms with van der Waals surface area (Å²) in [4.78, 5) is 0. The number of nitrogens with zero attached hydrogens (tertiary/aromatic N) is 2. The van der Waals surface area contributed by atoms with Gasteiger partial charge in [-0.05, 0) is 44.0 Å². The summed E-state index contributed by atoms with van der Waals surface area (Å²) in [6, 6.07) is 13.7. The van der Waals surface area contributed by atoms with Gasteiger partial charge in [0.25, 0.3) is 11.8 Å². The lowest BCUT2D eigenvalue weighted by atomic mass is 10.1. The molecule has 3 aromatic rings. The van der Waals surface area contributed by atoms with Crippen molar-refractivity contribution in [1.82, 2.24) is 10.2 Å². The van der Waals surface area contributed by atoms with Crippen LogP contribution in [0.1, 0.15) is 28.5 Å². The van der Waals surface area contributed by atoms with E-state index in [-0.39, 0.29) is 13.2 Å². The van der Waals surface area contributed by atoms with Gasteiger partial charge in [0, 0.05) is 0 Å². The smallest absolute Gasteiger partial charge is 0.254 e. The summed E-state index contributed by atoms with van der Waals surface area (Å²) in [6.45, 7) is 6.61. The van der Waals surface area contributed by atoms with Gasteiger partial charge in [0.2, 0.25) is 0 Å². The van der Waals surface area contributed by atoms with Crippen LogP contribution in [0.15, 0.2) is 46.9 Å². The second kappa shape index (κ2) is 7.17. The van der Waals surface area contributed by atoms with Gasteiger partial charge < -0.3 is 13.9 Å².